The van der Waals surface area contributed by atoms with E-state index in [1.54, 1.807) is 0 Å². The molecule has 1 fully saturated rings. The number of ether oxygens (including phenoxy) is 3. The van der Waals surface area contributed by atoms with Gasteiger partial charge in [0.2, 0.25) is 0 Å². The van der Waals surface area contributed by atoms with E-state index in [-0.39, 0.29) is 5.41 Å². The molecule has 28 heavy (non-hydrogen) atoms. The van der Waals surface area contributed by atoms with Crippen LogP contribution in [0.25, 0.3) is 11.1 Å². The van der Waals surface area contributed by atoms with Gasteiger partial charge in [-0.2, -0.15) is 0 Å². The first kappa shape index (κ1) is 18.8. The van der Waals surface area contributed by atoms with Gasteiger partial charge in [-0.15, -0.1) is 0 Å². The number of carbonyl (C=O) groups excluding carboxylic acids is 1. The quantitative estimate of drug-likeness (QED) is 0.829. The molecule has 0 aliphatic carbocycles. The molecule has 1 unspecified atom stereocenters. The fourth-order valence-electron chi connectivity index (χ4n) is 4.13. The van der Waals surface area contributed by atoms with Crippen molar-refractivity contribution in [3.05, 3.63) is 53.6 Å². The van der Waals surface area contributed by atoms with Gasteiger partial charge in [-0.3, -0.25) is 0 Å². The van der Waals surface area contributed by atoms with Crippen molar-refractivity contribution in [3.63, 3.8) is 0 Å². The molecule has 0 aromatic heterocycles. The number of benzene rings is 2. The van der Waals surface area contributed by atoms with Gasteiger partial charge in [0.15, 0.2) is 0 Å². The first-order valence-corrected chi connectivity index (χ1v) is 9.85. The van der Waals surface area contributed by atoms with Gasteiger partial charge < -0.3 is 19.9 Å². The van der Waals surface area contributed by atoms with Crippen LogP contribution in [-0.4, -0.2) is 25.9 Å². The van der Waals surface area contributed by atoms with Gasteiger partial charge in [0.25, 0.3) is 0 Å². The topological polar surface area (TPSA) is 70.8 Å². The molecule has 4 rings (SSSR count). The lowest BCUT2D eigenvalue weighted by molar-refractivity contribution is -0.0176. The standard InChI is InChI=1S/C23H27NO4/c1-23(2)14-27-20-13-18(7-8-19(20)21(23)28-22(24)25)16-5-3-15(4-6-16)17-9-11-26-12-10-17/h3-8,13,17,21H,9-12,14H2,1-2H3,(H2,24,25). The molecule has 2 aliphatic rings. The zero-order valence-corrected chi connectivity index (χ0v) is 16.4. The van der Waals surface area contributed by atoms with E-state index in [0.717, 1.165) is 48.5 Å². The van der Waals surface area contributed by atoms with Crippen LogP contribution in [0.3, 0.4) is 0 Å². The summed E-state index contributed by atoms with van der Waals surface area (Å²) >= 11 is 0. The van der Waals surface area contributed by atoms with Gasteiger partial charge in [0.05, 0.1) is 6.61 Å². The van der Waals surface area contributed by atoms with E-state index in [9.17, 15) is 4.79 Å². The summed E-state index contributed by atoms with van der Waals surface area (Å²) in [4.78, 5) is 11.4. The molecule has 2 heterocycles. The Morgan fingerprint density at radius 3 is 2.43 bits per heavy atom. The van der Waals surface area contributed by atoms with Gasteiger partial charge in [0, 0.05) is 24.2 Å². The highest BCUT2D eigenvalue weighted by molar-refractivity contribution is 5.68. The lowest BCUT2D eigenvalue weighted by Crippen LogP contribution is -2.37. The smallest absolute Gasteiger partial charge is 0.405 e. The summed E-state index contributed by atoms with van der Waals surface area (Å²) < 4.78 is 16.9. The van der Waals surface area contributed by atoms with Gasteiger partial charge in [0.1, 0.15) is 11.9 Å². The molecule has 148 valence electrons. The Labute approximate surface area is 165 Å². The average Bonchev–Trinajstić information content (AvgIpc) is 2.70. The highest BCUT2D eigenvalue weighted by Gasteiger charge is 2.40. The highest BCUT2D eigenvalue weighted by atomic mass is 16.6. The Kier molecular flexibility index (Phi) is 5.02. The van der Waals surface area contributed by atoms with E-state index in [0.29, 0.717) is 12.5 Å². The van der Waals surface area contributed by atoms with Gasteiger partial charge in [-0.25, -0.2) is 4.79 Å². The molecule has 0 spiro atoms. The predicted molar refractivity (Wildman–Crippen MR) is 107 cm³/mol. The minimum Gasteiger partial charge on any atom is -0.492 e. The number of primary amides is 1. The SMILES string of the molecule is CC1(C)COc2cc(-c3ccc(C4CCOCC4)cc3)ccc2C1OC(N)=O. The van der Waals surface area contributed by atoms with Crippen molar-refractivity contribution < 1.29 is 19.0 Å². The summed E-state index contributed by atoms with van der Waals surface area (Å²) in [5, 5.41) is 0. The van der Waals surface area contributed by atoms with Crippen LogP contribution in [0.2, 0.25) is 0 Å². The van der Waals surface area contributed by atoms with Crippen molar-refractivity contribution in [3.8, 4) is 16.9 Å². The minimum atomic E-state index is -0.765. The number of amides is 1. The summed E-state index contributed by atoms with van der Waals surface area (Å²) in [6.07, 6.45) is 0.990. The minimum absolute atomic E-state index is 0.338. The third-order valence-electron chi connectivity index (χ3n) is 5.78. The van der Waals surface area contributed by atoms with E-state index in [4.69, 9.17) is 19.9 Å². The molecule has 2 N–H and O–H groups in total. The molecular formula is C23H27NO4. The van der Waals surface area contributed by atoms with E-state index in [2.05, 4.69) is 24.3 Å². The summed E-state index contributed by atoms with van der Waals surface area (Å²) in [6, 6.07) is 14.8. The molecule has 1 saturated heterocycles. The molecule has 0 saturated carbocycles. The van der Waals surface area contributed by atoms with Crippen molar-refractivity contribution >= 4 is 6.09 Å². The highest BCUT2D eigenvalue weighted by Crippen LogP contribution is 2.46. The first-order chi connectivity index (χ1) is 13.4. The molecule has 1 amide bonds. The van der Waals surface area contributed by atoms with E-state index >= 15 is 0 Å². The summed E-state index contributed by atoms with van der Waals surface area (Å²) in [6.45, 7) is 6.17. The van der Waals surface area contributed by atoms with Crippen molar-refractivity contribution in [1.82, 2.24) is 0 Å². The Balaban J connectivity index is 1.59. The zero-order valence-electron chi connectivity index (χ0n) is 16.4. The second-order valence-electron chi connectivity index (χ2n) is 8.36. The van der Waals surface area contributed by atoms with Crippen LogP contribution in [0.1, 0.15) is 49.8 Å². The Hall–Kier alpha value is -2.53. The maximum absolute atomic E-state index is 11.4. The Morgan fingerprint density at radius 1 is 1.07 bits per heavy atom. The van der Waals surface area contributed by atoms with Gasteiger partial charge >= 0.3 is 6.09 Å². The second-order valence-corrected chi connectivity index (χ2v) is 8.36. The summed E-state index contributed by atoms with van der Waals surface area (Å²) in [5.74, 6) is 1.33. The van der Waals surface area contributed by atoms with Crippen molar-refractivity contribution in [2.75, 3.05) is 19.8 Å². The van der Waals surface area contributed by atoms with Crippen LogP contribution >= 0.6 is 0 Å². The number of carbonyl (C=O) groups is 1. The normalized spacial score (nSPS) is 21.4. The lowest BCUT2D eigenvalue weighted by Gasteiger charge is -2.38. The number of hydrogen-bond acceptors (Lipinski definition) is 4. The summed E-state index contributed by atoms with van der Waals surface area (Å²) in [5.41, 5.74) is 9.40. The largest absolute Gasteiger partial charge is 0.492 e. The average molecular weight is 381 g/mol. The lowest BCUT2D eigenvalue weighted by atomic mass is 9.80. The fourth-order valence-corrected chi connectivity index (χ4v) is 4.13. The summed E-state index contributed by atoms with van der Waals surface area (Å²) in [7, 11) is 0. The first-order valence-electron chi connectivity index (χ1n) is 9.85. The van der Waals surface area contributed by atoms with Crippen LogP contribution in [0.4, 0.5) is 4.79 Å². The number of rotatable bonds is 3. The third-order valence-corrected chi connectivity index (χ3v) is 5.78. The fraction of sp³-hybridized carbons (Fsp3) is 0.435. The van der Waals surface area contributed by atoms with Crippen LogP contribution < -0.4 is 10.5 Å². The molecule has 1 atom stereocenters. The number of nitrogens with two attached hydrogens (primary N) is 1. The van der Waals surface area contributed by atoms with Crippen LogP contribution in [0.5, 0.6) is 5.75 Å². The molecular weight excluding hydrogens is 354 g/mol. The van der Waals surface area contributed by atoms with E-state index in [1.807, 2.05) is 32.0 Å². The maximum atomic E-state index is 11.4. The molecule has 5 heteroatoms. The van der Waals surface area contributed by atoms with E-state index < -0.39 is 12.2 Å². The molecule has 2 aromatic rings. The second kappa shape index (κ2) is 7.47. The van der Waals surface area contributed by atoms with Crippen molar-refractivity contribution in [2.24, 2.45) is 11.1 Å². The van der Waals surface area contributed by atoms with Crippen LogP contribution in [0, 0.1) is 5.41 Å². The predicted octanol–water partition coefficient (Wildman–Crippen LogP) is 4.80. The van der Waals surface area contributed by atoms with Crippen molar-refractivity contribution in [1.29, 1.82) is 0 Å². The molecule has 2 aliphatic heterocycles. The van der Waals surface area contributed by atoms with Crippen LogP contribution in [-0.2, 0) is 9.47 Å². The van der Waals surface area contributed by atoms with Crippen molar-refractivity contribution in [2.45, 2.75) is 38.7 Å². The number of fused-ring (bicyclic) bond motifs is 1. The Bertz CT molecular complexity index is 853. The zero-order chi connectivity index (χ0) is 19.7. The molecule has 2 aromatic carbocycles. The van der Waals surface area contributed by atoms with E-state index in [1.165, 1.54) is 5.56 Å². The number of hydrogen-bond donors (Lipinski definition) is 1. The van der Waals surface area contributed by atoms with Crippen LogP contribution in [0.15, 0.2) is 42.5 Å². The molecule has 0 bridgehead atoms. The molecule has 5 nitrogen and oxygen atoms in total. The Morgan fingerprint density at radius 2 is 1.75 bits per heavy atom. The maximum Gasteiger partial charge on any atom is 0.405 e. The third kappa shape index (κ3) is 3.72. The van der Waals surface area contributed by atoms with Gasteiger partial charge in [-0.1, -0.05) is 50.2 Å². The molecule has 0 radical (unpaired) electrons. The monoisotopic (exact) mass is 381 g/mol. The van der Waals surface area contributed by atoms with Gasteiger partial charge in [-0.05, 0) is 41.5 Å².